The molecule has 4 nitrogen and oxygen atoms in total. The molecule has 20 heavy (non-hydrogen) atoms. The Kier molecular flexibility index (Phi) is 5.49. The summed E-state index contributed by atoms with van der Waals surface area (Å²) in [5, 5.41) is 3.53. The quantitative estimate of drug-likeness (QED) is 0.860. The second kappa shape index (κ2) is 6.75. The maximum absolute atomic E-state index is 11.6. The summed E-state index contributed by atoms with van der Waals surface area (Å²) in [6, 6.07) is 1.93. The molecule has 2 rings (SSSR count). The fourth-order valence-electron chi connectivity index (χ4n) is 3.75. The molecule has 0 radical (unpaired) electrons. The molecule has 0 aromatic carbocycles. The molecule has 0 aromatic rings. The highest BCUT2D eigenvalue weighted by Gasteiger charge is 2.31. The average molecular weight is 302 g/mol. The Labute approximate surface area is 124 Å². The Balaban J connectivity index is 1.76. The molecule has 1 saturated heterocycles. The van der Waals surface area contributed by atoms with Gasteiger partial charge in [0.15, 0.2) is 0 Å². The summed E-state index contributed by atoms with van der Waals surface area (Å²) in [6.45, 7) is 6.35. The zero-order valence-electron chi connectivity index (χ0n) is 13.1. The van der Waals surface area contributed by atoms with Crippen LogP contribution in [-0.2, 0) is 9.84 Å². The SMILES string of the molecule is CC(C)NC1CCC(N2CCC(S(C)(=O)=O)CC2)CC1. The predicted octanol–water partition coefficient (Wildman–Crippen LogP) is 1.80. The van der Waals surface area contributed by atoms with Crippen LogP contribution in [0.4, 0.5) is 0 Å². The van der Waals surface area contributed by atoms with E-state index in [1.807, 2.05) is 0 Å². The van der Waals surface area contributed by atoms with Gasteiger partial charge in [0.05, 0.1) is 5.25 Å². The number of sulfone groups is 1. The Morgan fingerprint density at radius 2 is 1.55 bits per heavy atom. The topological polar surface area (TPSA) is 49.4 Å². The molecule has 1 aliphatic carbocycles. The average Bonchev–Trinajstić information content (AvgIpc) is 2.38. The van der Waals surface area contributed by atoms with Gasteiger partial charge in [-0.3, -0.25) is 0 Å². The van der Waals surface area contributed by atoms with Crippen molar-refractivity contribution in [2.45, 2.75) is 75.7 Å². The van der Waals surface area contributed by atoms with E-state index in [2.05, 4.69) is 24.1 Å². The van der Waals surface area contributed by atoms with Crippen LogP contribution in [0.1, 0.15) is 52.4 Å². The number of likely N-dealkylation sites (tertiary alicyclic amines) is 1. The van der Waals surface area contributed by atoms with Gasteiger partial charge in [-0.2, -0.15) is 0 Å². The van der Waals surface area contributed by atoms with Crippen molar-refractivity contribution in [3.8, 4) is 0 Å². The van der Waals surface area contributed by atoms with Gasteiger partial charge in [-0.05, 0) is 51.6 Å². The summed E-state index contributed by atoms with van der Waals surface area (Å²) in [5.74, 6) is 0. The van der Waals surface area contributed by atoms with E-state index in [0.717, 1.165) is 25.9 Å². The zero-order chi connectivity index (χ0) is 14.8. The van der Waals surface area contributed by atoms with Crippen LogP contribution >= 0.6 is 0 Å². The minimum absolute atomic E-state index is 0.0994. The molecule has 2 fully saturated rings. The van der Waals surface area contributed by atoms with E-state index in [-0.39, 0.29) is 5.25 Å². The molecule has 2 aliphatic rings. The van der Waals surface area contributed by atoms with Crippen molar-refractivity contribution in [2.24, 2.45) is 0 Å². The third-order valence-corrected chi connectivity index (χ3v) is 6.55. The summed E-state index contributed by atoms with van der Waals surface area (Å²) in [6.07, 6.45) is 8.06. The standard InChI is InChI=1S/C15H30N2O2S/c1-12(2)16-13-4-6-14(7-5-13)17-10-8-15(9-11-17)20(3,18)19/h12-16H,4-11H2,1-3H3. The van der Waals surface area contributed by atoms with Crippen LogP contribution in [-0.4, -0.2) is 56.0 Å². The molecule has 5 heteroatoms. The van der Waals surface area contributed by atoms with Crippen LogP contribution in [0.15, 0.2) is 0 Å². The zero-order valence-corrected chi connectivity index (χ0v) is 14.0. The second-order valence-corrected chi connectivity index (χ2v) is 9.22. The molecule has 1 aliphatic heterocycles. The largest absolute Gasteiger partial charge is 0.312 e. The summed E-state index contributed by atoms with van der Waals surface area (Å²) in [5.41, 5.74) is 0. The highest BCUT2D eigenvalue weighted by molar-refractivity contribution is 7.91. The fourth-order valence-corrected chi connectivity index (χ4v) is 4.82. The molecule has 118 valence electrons. The third kappa shape index (κ3) is 4.43. The molecule has 1 saturated carbocycles. The van der Waals surface area contributed by atoms with Crippen LogP contribution in [0.3, 0.4) is 0 Å². The molecule has 0 aromatic heterocycles. The van der Waals surface area contributed by atoms with Crippen LogP contribution in [0, 0.1) is 0 Å². The van der Waals surface area contributed by atoms with E-state index in [4.69, 9.17) is 0 Å². The fraction of sp³-hybridized carbons (Fsp3) is 1.00. The molecule has 1 N–H and O–H groups in total. The molecule has 0 bridgehead atoms. The first kappa shape index (κ1) is 16.2. The van der Waals surface area contributed by atoms with Crippen LogP contribution in [0.2, 0.25) is 0 Å². The summed E-state index contributed by atoms with van der Waals surface area (Å²) < 4.78 is 23.2. The minimum Gasteiger partial charge on any atom is -0.312 e. The van der Waals surface area contributed by atoms with E-state index >= 15 is 0 Å². The molecular formula is C15H30N2O2S. The Morgan fingerprint density at radius 3 is 2.00 bits per heavy atom. The lowest BCUT2D eigenvalue weighted by Gasteiger charge is -2.41. The second-order valence-electron chi connectivity index (χ2n) is 6.89. The summed E-state index contributed by atoms with van der Waals surface area (Å²) >= 11 is 0. The maximum Gasteiger partial charge on any atom is 0.150 e. The summed E-state index contributed by atoms with van der Waals surface area (Å²) in [7, 11) is -2.84. The van der Waals surface area contributed by atoms with E-state index in [9.17, 15) is 8.42 Å². The van der Waals surface area contributed by atoms with Gasteiger partial charge in [0, 0.05) is 24.4 Å². The lowest BCUT2D eigenvalue weighted by atomic mass is 9.89. The van der Waals surface area contributed by atoms with Gasteiger partial charge in [0.1, 0.15) is 9.84 Å². The van der Waals surface area contributed by atoms with E-state index in [1.54, 1.807) is 0 Å². The van der Waals surface area contributed by atoms with Crippen molar-refractivity contribution in [1.82, 2.24) is 10.2 Å². The number of hydrogen-bond acceptors (Lipinski definition) is 4. The number of piperidine rings is 1. The Hall–Kier alpha value is -0.130. The smallest absolute Gasteiger partial charge is 0.150 e. The Bertz CT molecular complexity index is 392. The molecule has 0 atom stereocenters. The van der Waals surface area contributed by atoms with E-state index < -0.39 is 9.84 Å². The Morgan fingerprint density at radius 1 is 1.00 bits per heavy atom. The molecular weight excluding hydrogens is 272 g/mol. The monoisotopic (exact) mass is 302 g/mol. The minimum atomic E-state index is -2.84. The maximum atomic E-state index is 11.6. The van der Waals surface area contributed by atoms with Gasteiger partial charge in [-0.25, -0.2) is 8.42 Å². The van der Waals surface area contributed by atoms with Crippen molar-refractivity contribution >= 4 is 9.84 Å². The van der Waals surface area contributed by atoms with Crippen LogP contribution in [0.25, 0.3) is 0 Å². The predicted molar refractivity (Wildman–Crippen MR) is 83.8 cm³/mol. The molecule has 0 amide bonds. The number of rotatable bonds is 4. The van der Waals surface area contributed by atoms with Crippen molar-refractivity contribution in [1.29, 1.82) is 0 Å². The van der Waals surface area contributed by atoms with Crippen molar-refractivity contribution in [3.05, 3.63) is 0 Å². The first-order chi connectivity index (χ1) is 9.36. The number of nitrogens with one attached hydrogen (secondary N) is 1. The van der Waals surface area contributed by atoms with Crippen molar-refractivity contribution in [2.75, 3.05) is 19.3 Å². The number of nitrogens with zero attached hydrogens (tertiary/aromatic N) is 1. The van der Waals surface area contributed by atoms with Gasteiger partial charge in [0.25, 0.3) is 0 Å². The van der Waals surface area contributed by atoms with Crippen LogP contribution < -0.4 is 5.32 Å². The lowest BCUT2D eigenvalue weighted by molar-refractivity contribution is 0.120. The molecule has 1 heterocycles. The van der Waals surface area contributed by atoms with Crippen molar-refractivity contribution < 1.29 is 8.42 Å². The van der Waals surface area contributed by atoms with Gasteiger partial charge >= 0.3 is 0 Å². The van der Waals surface area contributed by atoms with Gasteiger partial charge in [-0.15, -0.1) is 0 Å². The summed E-state index contributed by atoms with van der Waals surface area (Å²) in [4.78, 5) is 2.53. The third-order valence-electron chi connectivity index (χ3n) is 4.86. The first-order valence-corrected chi connectivity index (χ1v) is 10.0. The number of hydrogen-bond donors (Lipinski definition) is 1. The van der Waals surface area contributed by atoms with Gasteiger partial charge in [-0.1, -0.05) is 13.8 Å². The lowest BCUT2D eigenvalue weighted by Crippen LogP contribution is -2.48. The molecule has 0 spiro atoms. The normalized spacial score (nSPS) is 30.8. The first-order valence-electron chi connectivity index (χ1n) is 8.05. The van der Waals surface area contributed by atoms with Crippen LogP contribution in [0.5, 0.6) is 0 Å². The highest BCUT2D eigenvalue weighted by atomic mass is 32.2. The van der Waals surface area contributed by atoms with E-state index in [1.165, 1.54) is 31.9 Å². The highest BCUT2D eigenvalue weighted by Crippen LogP contribution is 2.27. The van der Waals surface area contributed by atoms with E-state index in [0.29, 0.717) is 18.1 Å². The van der Waals surface area contributed by atoms with Gasteiger partial charge < -0.3 is 10.2 Å². The van der Waals surface area contributed by atoms with Crippen molar-refractivity contribution in [3.63, 3.8) is 0 Å². The molecule has 0 unspecified atom stereocenters. The van der Waals surface area contributed by atoms with Gasteiger partial charge in [0.2, 0.25) is 0 Å².